The molecule has 0 fully saturated rings. The predicted molar refractivity (Wildman–Crippen MR) is 87.4 cm³/mol. The summed E-state index contributed by atoms with van der Waals surface area (Å²) in [6.45, 7) is 5.34. The number of thiazole rings is 1. The Bertz CT molecular complexity index is 652. The van der Waals surface area contributed by atoms with E-state index in [1.165, 1.54) is 18.3 Å². The van der Waals surface area contributed by atoms with Gasteiger partial charge in [0.25, 0.3) is 0 Å². The van der Waals surface area contributed by atoms with Crippen LogP contribution in [0.3, 0.4) is 0 Å². The molecule has 0 spiro atoms. The van der Waals surface area contributed by atoms with Crippen molar-refractivity contribution in [3.63, 3.8) is 0 Å². The summed E-state index contributed by atoms with van der Waals surface area (Å²) in [6.07, 6.45) is 0.809. The molecule has 8 heteroatoms. The summed E-state index contributed by atoms with van der Waals surface area (Å²) < 4.78 is 5.00. The zero-order chi connectivity index (χ0) is 16.3. The minimum Gasteiger partial charge on any atom is -0.461 e. The highest BCUT2D eigenvalue weighted by atomic mass is 32.1. The van der Waals surface area contributed by atoms with E-state index in [2.05, 4.69) is 15.6 Å². The normalized spacial score (nSPS) is 17.8. The number of nitrogens with one attached hydrogen (secondary N) is 2. The summed E-state index contributed by atoms with van der Waals surface area (Å²) in [5, 5.41) is 8.84. The van der Waals surface area contributed by atoms with Crippen LogP contribution in [0, 0.1) is 0 Å². The van der Waals surface area contributed by atoms with Crippen LogP contribution in [0.1, 0.15) is 37.5 Å². The Hall–Kier alpha value is -1.80. The van der Waals surface area contributed by atoms with E-state index in [9.17, 15) is 9.59 Å². The second kappa shape index (κ2) is 6.97. The molecule has 1 aliphatic rings. The highest BCUT2D eigenvalue weighted by Gasteiger charge is 2.34. The van der Waals surface area contributed by atoms with Gasteiger partial charge in [-0.05, 0) is 32.5 Å². The Kier molecular flexibility index (Phi) is 5.25. The molecule has 0 aliphatic carbocycles. The first-order valence-corrected chi connectivity index (χ1v) is 8.20. The topological polar surface area (TPSA) is 80.3 Å². The minimum atomic E-state index is -0.590. The van der Waals surface area contributed by atoms with Crippen LogP contribution in [0.5, 0.6) is 0 Å². The molecule has 1 aromatic heterocycles. The maximum atomic E-state index is 12.1. The second-order valence-electron chi connectivity index (χ2n) is 4.62. The largest absolute Gasteiger partial charge is 0.461 e. The van der Waals surface area contributed by atoms with Gasteiger partial charge in [-0.25, -0.2) is 9.78 Å². The van der Waals surface area contributed by atoms with E-state index in [-0.39, 0.29) is 23.2 Å². The van der Waals surface area contributed by atoms with Crippen LogP contribution in [-0.2, 0) is 20.7 Å². The highest BCUT2D eigenvalue weighted by Crippen LogP contribution is 2.29. The van der Waals surface area contributed by atoms with Crippen LogP contribution in [0.2, 0.25) is 0 Å². The molecule has 0 bridgehead atoms. The quantitative estimate of drug-likeness (QED) is 0.623. The summed E-state index contributed by atoms with van der Waals surface area (Å²) in [5.41, 5.74) is 1.06. The number of hydrogen-bond acceptors (Lipinski definition) is 6. The second-order valence-corrected chi connectivity index (χ2v) is 5.97. The van der Waals surface area contributed by atoms with Crippen LogP contribution in [0.25, 0.3) is 0 Å². The van der Waals surface area contributed by atoms with Crippen molar-refractivity contribution in [3.05, 3.63) is 27.4 Å². The number of carbonyl (C=O) groups excluding carboxylic acids is 2. The van der Waals surface area contributed by atoms with Gasteiger partial charge in [-0.3, -0.25) is 4.79 Å². The average molecular weight is 339 g/mol. The molecule has 0 radical (unpaired) electrons. The van der Waals surface area contributed by atoms with Crippen LogP contribution >= 0.6 is 23.6 Å². The minimum absolute atomic E-state index is 0.0918. The first kappa shape index (κ1) is 16.6. The molecular weight excluding hydrogens is 322 g/mol. The predicted octanol–water partition coefficient (Wildman–Crippen LogP) is 1.63. The molecular formula is C14H17N3O3S2. The van der Waals surface area contributed by atoms with Crippen LogP contribution in [0.15, 0.2) is 16.7 Å². The summed E-state index contributed by atoms with van der Waals surface area (Å²) in [6, 6.07) is -0.540. The van der Waals surface area contributed by atoms with Crippen molar-refractivity contribution in [2.24, 2.45) is 0 Å². The van der Waals surface area contributed by atoms with Gasteiger partial charge in [0, 0.05) is 5.38 Å². The van der Waals surface area contributed by atoms with Crippen LogP contribution in [-0.4, -0.2) is 28.5 Å². The number of carbonyl (C=O) groups is 2. The van der Waals surface area contributed by atoms with Crippen molar-refractivity contribution in [1.82, 2.24) is 15.6 Å². The fourth-order valence-electron chi connectivity index (χ4n) is 2.15. The number of aryl methyl sites for hydroxylation is 1. The van der Waals surface area contributed by atoms with Gasteiger partial charge in [0.15, 0.2) is 10.9 Å². The first-order valence-electron chi connectivity index (χ1n) is 6.91. The van der Waals surface area contributed by atoms with Crippen molar-refractivity contribution in [2.75, 3.05) is 6.61 Å². The van der Waals surface area contributed by atoms with Crippen molar-refractivity contribution in [3.8, 4) is 0 Å². The molecule has 118 valence electrons. The maximum Gasteiger partial charge on any atom is 0.355 e. The molecule has 2 N–H and O–H groups in total. The van der Waals surface area contributed by atoms with E-state index >= 15 is 0 Å². The monoisotopic (exact) mass is 339 g/mol. The Labute approximate surface area is 138 Å². The number of ether oxygens (including phenoxy) is 1. The number of Topliss-reactive ketones (excluding diaryl/α,β-unsaturated/α-hetero) is 1. The summed E-state index contributed by atoms with van der Waals surface area (Å²) >= 11 is 6.65. The third kappa shape index (κ3) is 3.33. The van der Waals surface area contributed by atoms with E-state index in [0.29, 0.717) is 11.3 Å². The van der Waals surface area contributed by atoms with Crippen molar-refractivity contribution < 1.29 is 14.3 Å². The van der Waals surface area contributed by atoms with Crippen LogP contribution < -0.4 is 10.6 Å². The molecule has 0 aromatic carbocycles. The number of aromatic nitrogens is 1. The van der Waals surface area contributed by atoms with Gasteiger partial charge in [0.2, 0.25) is 0 Å². The number of rotatable bonds is 5. The first-order chi connectivity index (χ1) is 10.5. The summed E-state index contributed by atoms with van der Waals surface area (Å²) in [5.74, 6) is -0.825. The van der Waals surface area contributed by atoms with E-state index in [0.717, 1.165) is 11.4 Å². The molecule has 2 heterocycles. The molecule has 1 aromatic rings. The third-order valence-electron chi connectivity index (χ3n) is 3.10. The molecule has 0 amide bonds. The van der Waals surface area contributed by atoms with Gasteiger partial charge < -0.3 is 15.4 Å². The standard InChI is InChI=1S/C14H17N3O3S2/c1-4-9-15-8(6-22-9)11-10(7(3)18)12(13(19)20-5-2)17-14(21)16-11/h6,11H,4-5H2,1-3H3,(H2,16,17,21)/t11-/m0/s1. The van der Waals surface area contributed by atoms with Gasteiger partial charge in [-0.15, -0.1) is 11.3 Å². The average Bonchev–Trinajstić information content (AvgIpc) is 2.95. The lowest BCUT2D eigenvalue weighted by Crippen LogP contribution is -2.47. The summed E-state index contributed by atoms with van der Waals surface area (Å²) in [7, 11) is 0. The molecule has 0 saturated heterocycles. The van der Waals surface area contributed by atoms with Crippen LogP contribution in [0.4, 0.5) is 0 Å². The van der Waals surface area contributed by atoms with Gasteiger partial charge in [0.05, 0.1) is 22.9 Å². The Morgan fingerprint density at radius 2 is 2.18 bits per heavy atom. The highest BCUT2D eigenvalue weighted by molar-refractivity contribution is 7.80. The lowest BCUT2D eigenvalue weighted by atomic mass is 9.97. The zero-order valence-electron chi connectivity index (χ0n) is 12.6. The third-order valence-corrected chi connectivity index (χ3v) is 4.33. The lowest BCUT2D eigenvalue weighted by Gasteiger charge is -2.28. The van der Waals surface area contributed by atoms with E-state index in [1.54, 1.807) is 6.92 Å². The molecule has 6 nitrogen and oxygen atoms in total. The fraction of sp³-hybridized carbons (Fsp3) is 0.429. The van der Waals surface area contributed by atoms with Gasteiger partial charge in [-0.2, -0.15) is 0 Å². The van der Waals surface area contributed by atoms with Crippen molar-refractivity contribution in [2.45, 2.75) is 33.2 Å². The smallest absolute Gasteiger partial charge is 0.355 e. The van der Waals surface area contributed by atoms with Gasteiger partial charge >= 0.3 is 5.97 Å². The van der Waals surface area contributed by atoms with E-state index < -0.39 is 12.0 Å². The molecule has 22 heavy (non-hydrogen) atoms. The number of esters is 1. The Balaban J connectivity index is 2.50. The Morgan fingerprint density at radius 1 is 1.45 bits per heavy atom. The molecule has 1 atom stereocenters. The Morgan fingerprint density at radius 3 is 2.73 bits per heavy atom. The molecule has 0 unspecified atom stereocenters. The zero-order valence-corrected chi connectivity index (χ0v) is 14.2. The summed E-state index contributed by atoms with van der Waals surface area (Å²) in [4.78, 5) is 28.7. The lowest BCUT2D eigenvalue weighted by molar-refractivity contribution is -0.139. The van der Waals surface area contributed by atoms with Gasteiger partial charge in [-0.1, -0.05) is 6.92 Å². The molecule has 2 rings (SSSR count). The number of thiocarbonyl (C=S) groups is 1. The number of hydrogen-bond donors (Lipinski definition) is 2. The SMILES string of the molecule is CCOC(=O)C1=C(C(C)=O)[C@H](c2csc(CC)n2)NC(=S)N1. The van der Waals surface area contributed by atoms with Crippen molar-refractivity contribution in [1.29, 1.82) is 0 Å². The number of ketones is 1. The fourth-order valence-corrected chi connectivity index (χ4v) is 3.14. The molecule has 1 aliphatic heterocycles. The van der Waals surface area contributed by atoms with E-state index in [1.807, 2.05) is 12.3 Å². The van der Waals surface area contributed by atoms with E-state index in [4.69, 9.17) is 17.0 Å². The van der Waals surface area contributed by atoms with Gasteiger partial charge in [0.1, 0.15) is 11.7 Å². The maximum absolute atomic E-state index is 12.1. The van der Waals surface area contributed by atoms with Crippen molar-refractivity contribution >= 4 is 40.4 Å². The molecule has 0 saturated carbocycles. The number of nitrogens with zero attached hydrogens (tertiary/aromatic N) is 1.